The first kappa shape index (κ1) is 33.6. The molecule has 47 heavy (non-hydrogen) atoms. The van der Waals surface area contributed by atoms with Gasteiger partial charge >= 0.3 is 5.97 Å². The molecular formula is C34H39N3O9S. The number of methoxy groups -OCH3 is 3. The van der Waals surface area contributed by atoms with Crippen LogP contribution in [0.15, 0.2) is 51.4 Å². The Hall–Kier alpha value is -4.78. The van der Waals surface area contributed by atoms with E-state index in [1.54, 1.807) is 55.2 Å². The molecule has 0 radical (unpaired) electrons. The fraction of sp³-hybridized carbons (Fsp3) is 0.412. The lowest BCUT2D eigenvalue weighted by atomic mass is 9.95. The molecule has 2 aliphatic rings. The van der Waals surface area contributed by atoms with Gasteiger partial charge in [0.15, 0.2) is 34.4 Å². The van der Waals surface area contributed by atoms with E-state index in [2.05, 4.69) is 4.99 Å². The van der Waals surface area contributed by atoms with Crippen molar-refractivity contribution in [3.05, 3.63) is 72.4 Å². The SMILES string of the molecule is CCOC(=O)C1=C(C)N=c2s/c(=C/c3ccc(OCC(=O)N4CCCC4)c(OCC)c3)c(=O)n2[C@@H]1c1cc(OC)c(OC)c(OC)c1. The number of hydrogen-bond acceptors (Lipinski definition) is 11. The molecule has 1 atom stereocenters. The predicted octanol–water partition coefficient (Wildman–Crippen LogP) is 3.22. The lowest BCUT2D eigenvalue weighted by molar-refractivity contribution is -0.139. The van der Waals surface area contributed by atoms with Crippen LogP contribution in [0.1, 0.15) is 50.8 Å². The normalized spacial score (nSPS) is 16.0. The number of thiazole rings is 1. The molecule has 2 aromatic carbocycles. The molecule has 1 amide bonds. The zero-order chi connectivity index (χ0) is 33.7. The highest BCUT2D eigenvalue weighted by Gasteiger charge is 2.35. The summed E-state index contributed by atoms with van der Waals surface area (Å²) in [5.74, 6) is 1.37. The summed E-state index contributed by atoms with van der Waals surface area (Å²) in [6.45, 7) is 7.24. The minimum absolute atomic E-state index is 0.0609. The van der Waals surface area contributed by atoms with Crippen LogP contribution in [0.2, 0.25) is 0 Å². The van der Waals surface area contributed by atoms with Crippen molar-refractivity contribution in [1.29, 1.82) is 0 Å². The zero-order valence-electron chi connectivity index (χ0n) is 27.4. The molecule has 2 aliphatic heterocycles. The summed E-state index contributed by atoms with van der Waals surface area (Å²) < 4.78 is 35.7. The fourth-order valence-corrected chi connectivity index (χ4v) is 6.76. The van der Waals surface area contributed by atoms with E-state index in [0.717, 1.165) is 25.9 Å². The van der Waals surface area contributed by atoms with Gasteiger partial charge in [-0.15, -0.1) is 0 Å². The fourth-order valence-electron chi connectivity index (χ4n) is 5.72. The number of aromatic nitrogens is 1. The summed E-state index contributed by atoms with van der Waals surface area (Å²) in [7, 11) is 4.50. The van der Waals surface area contributed by atoms with Crippen molar-refractivity contribution in [2.75, 3.05) is 54.2 Å². The van der Waals surface area contributed by atoms with Crippen molar-refractivity contribution in [1.82, 2.24) is 9.47 Å². The second-order valence-electron chi connectivity index (χ2n) is 10.8. The van der Waals surface area contributed by atoms with E-state index < -0.39 is 12.0 Å². The van der Waals surface area contributed by atoms with E-state index in [9.17, 15) is 14.4 Å². The van der Waals surface area contributed by atoms with E-state index in [1.807, 2.05) is 6.92 Å². The average Bonchev–Trinajstić information content (AvgIpc) is 3.71. The van der Waals surface area contributed by atoms with Gasteiger partial charge in [-0.3, -0.25) is 14.2 Å². The molecule has 1 fully saturated rings. The number of fused-ring (bicyclic) bond motifs is 1. The van der Waals surface area contributed by atoms with Crippen molar-refractivity contribution in [2.24, 2.45) is 4.99 Å². The molecule has 3 heterocycles. The first-order valence-corrected chi connectivity index (χ1v) is 16.2. The zero-order valence-corrected chi connectivity index (χ0v) is 28.2. The second-order valence-corrected chi connectivity index (χ2v) is 11.8. The molecule has 1 aromatic heterocycles. The van der Waals surface area contributed by atoms with E-state index >= 15 is 0 Å². The van der Waals surface area contributed by atoms with Gasteiger partial charge in [0.2, 0.25) is 5.75 Å². The first-order valence-electron chi connectivity index (χ1n) is 15.4. The van der Waals surface area contributed by atoms with E-state index in [1.165, 1.54) is 37.2 Å². The Bertz CT molecular complexity index is 1850. The van der Waals surface area contributed by atoms with Crippen LogP contribution in [0.25, 0.3) is 6.08 Å². The first-order chi connectivity index (χ1) is 22.7. The average molecular weight is 666 g/mol. The summed E-state index contributed by atoms with van der Waals surface area (Å²) in [6, 6.07) is 7.83. The maximum atomic E-state index is 14.2. The highest BCUT2D eigenvalue weighted by Crippen LogP contribution is 2.42. The number of esters is 1. The Morgan fingerprint density at radius 2 is 1.64 bits per heavy atom. The van der Waals surface area contributed by atoms with Crippen molar-refractivity contribution < 1.29 is 38.0 Å². The summed E-state index contributed by atoms with van der Waals surface area (Å²) in [4.78, 5) is 46.9. The molecule has 12 nitrogen and oxygen atoms in total. The second kappa shape index (κ2) is 14.8. The number of nitrogens with zero attached hydrogens (tertiary/aromatic N) is 3. The van der Waals surface area contributed by atoms with Crippen LogP contribution in [-0.4, -0.2) is 75.6 Å². The molecule has 250 valence electrons. The summed E-state index contributed by atoms with van der Waals surface area (Å²) in [5.41, 5.74) is 1.54. The molecule has 0 bridgehead atoms. The number of benzene rings is 2. The topological polar surface area (TPSA) is 127 Å². The maximum absolute atomic E-state index is 14.2. The summed E-state index contributed by atoms with van der Waals surface area (Å²) >= 11 is 1.20. The highest BCUT2D eigenvalue weighted by molar-refractivity contribution is 7.07. The molecule has 0 spiro atoms. The van der Waals surface area contributed by atoms with E-state index in [0.29, 0.717) is 61.5 Å². The van der Waals surface area contributed by atoms with E-state index in [-0.39, 0.29) is 30.3 Å². The Labute approximate surface area is 276 Å². The molecule has 0 N–H and O–H groups in total. The number of carbonyl (C=O) groups is 2. The predicted molar refractivity (Wildman–Crippen MR) is 175 cm³/mol. The minimum atomic E-state index is -0.885. The number of ether oxygens (including phenoxy) is 6. The number of rotatable bonds is 12. The standard InChI is InChI=1S/C34H39N3O9S/c1-7-44-24-15-21(11-12-23(24)46-19-28(38)36-13-9-10-14-36)16-27-32(39)37-30(22-17-25(41-4)31(43-6)26(18-22)42-5)29(33(40)45-8-2)20(3)35-34(37)47-27/h11-12,15-18,30H,7-10,13-14,19H2,1-6H3/b27-16+/t30-/m1/s1. The van der Waals surface area contributed by atoms with Crippen LogP contribution in [0.4, 0.5) is 0 Å². The third-order valence-electron chi connectivity index (χ3n) is 7.90. The lowest BCUT2D eigenvalue weighted by Gasteiger charge is -2.26. The number of hydrogen-bond donors (Lipinski definition) is 0. The van der Waals surface area contributed by atoms with Gasteiger partial charge in [-0.25, -0.2) is 9.79 Å². The highest BCUT2D eigenvalue weighted by atomic mass is 32.1. The summed E-state index contributed by atoms with van der Waals surface area (Å²) in [6.07, 6.45) is 3.74. The maximum Gasteiger partial charge on any atom is 0.338 e. The Balaban J connectivity index is 1.59. The van der Waals surface area contributed by atoms with Crippen molar-refractivity contribution in [2.45, 2.75) is 39.7 Å². The quantitative estimate of drug-likeness (QED) is 0.268. The van der Waals surface area contributed by atoms with Crippen molar-refractivity contribution >= 4 is 29.3 Å². The van der Waals surface area contributed by atoms with Gasteiger partial charge < -0.3 is 33.3 Å². The molecule has 1 saturated heterocycles. The number of likely N-dealkylation sites (tertiary alicyclic amines) is 1. The smallest absolute Gasteiger partial charge is 0.338 e. The van der Waals surface area contributed by atoms with Crippen LogP contribution < -0.4 is 38.6 Å². The largest absolute Gasteiger partial charge is 0.493 e. The van der Waals surface area contributed by atoms with Crippen molar-refractivity contribution in [3.63, 3.8) is 0 Å². The Kier molecular flexibility index (Phi) is 10.5. The number of carbonyl (C=O) groups excluding carboxylic acids is 2. The van der Waals surface area contributed by atoms with Gasteiger partial charge in [0.1, 0.15) is 0 Å². The van der Waals surface area contributed by atoms with Gasteiger partial charge in [0, 0.05) is 13.1 Å². The molecule has 13 heteroatoms. The molecule has 0 unspecified atom stereocenters. The molecule has 0 aliphatic carbocycles. The number of amides is 1. The van der Waals surface area contributed by atoms with Crippen LogP contribution in [0.3, 0.4) is 0 Å². The lowest BCUT2D eigenvalue weighted by Crippen LogP contribution is -2.40. The monoisotopic (exact) mass is 665 g/mol. The van der Waals surface area contributed by atoms with Gasteiger partial charge in [0.05, 0.1) is 56.4 Å². The molecular weight excluding hydrogens is 626 g/mol. The third kappa shape index (κ3) is 6.85. The minimum Gasteiger partial charge on any atom is -0.493 e. The van der Waals surface area contributed by atoms with Crippen LogP contribution >= 0.6 is 11.3 Å². The molecule has 5 rings (SSSR count). The van der Waals surface area contributed by atoms with Crippen LogP contribution in [0.5, 0.6) is 28.7 Å². The molecule has 3 aromatic rings. The van der Waals surface area contributed by atoms with Gasteiger partial charge in [-0.2, -0.15) is 0 Å². The van der Waals surface area contributed by atoms with Gasteiger partial charge in [-0.1, -0.05) is 17.4 Å². The summed E-state index contributed by atoms with van der Waals surface area (Å²) in [5, 5.41) is 0. The van der Waals surface area contributed by atoms with Gasteiger partial charge in [0.25, 0.3) is 11.5 Å². The van der Waals surface area contributed by atoms with Crippen LogP contribution in [-0.2, 0) is 14.3 Å². The van der Waals surface area contributed by atoms with Crippen molar-refractivity contribution in [3.8, 4) is 28.7 Å². The number of allylic oxidation sites excluding steroid dienone is 1. The third-order valence-corrected chi connectivity index (χ3v) is 8.88. The Morgan fingerprint density at radius 3 is 2.26 bits per heavy atom. The Morgan fingerprint density at radius 1 is 0.936 bits per heavy atom. The van der Waals surface area contributed by atoms with Crippen LogP contribution in [0, 0.1) is 0 Å². The van der Waals surface area contributed by atoms with Gasteiger partial charge in [-0.05, 0) is 75.1 Å². The molecule has 0 saturated carbocycles. The van der Waals surface area contributed by atoms with E-state index in [4.69, 9.17) is 28.4 Å².